The van der Waals surface area contributed by atoms with Gasteiger partial charge in [0.15, 0.2) is 6.04 Å². The Hall–Kier alpha value is -2.13. The van der Waals surface area contributed by atoms with E-state index in [1.807, 2.05) is 13.1 Å². The molecule has 0 saturated carbocycles. The maximum Gasteiger partial charge on any atom is 0.282 e. The molecule has 1 unspecified atom stereocenters. The van der Waals surface area contributed by atoms with Gasteiger partial charge in [0.2, 0.25) is 10.0 Å². The molecule has 9 heteroatoms. The van der Waals surface area contributed by atoms with Crippen LogP contribution in [0, 0.1) is 0 Å². The summed E-state index contributed by atoms with van der Waals surface area (Å²) in [7, 11) is -0.278. The molecule has 0 aliphatic heterocycles. The monoisotopic (exact) mass is 412 g/mol. The molecule has 1 amide bonds. The van der Waals surface area contributed by atoms with Gasteiger partial charge < -0.3 is 15.0 Å². The van der Waals surface area contributed by atoms with Gasteiger partial charge in [0.05, 0.1) is 19.1 Å². The molecule has 2 atom stereocenters. The lowest BCUT2D eigenvalue weighted by Crippen LogP contribution is -3.12. The average molecular weight is 413 g/mol. The van der Waals surface area contributed by atoms with Gasteiger partial charge >= 0.3 is 0 Å². The molecule has 2 aromatic rings. The Morgan fingerprint density at radius 2 is 1.89 bits per heavy atom. The van der Waals surface area contributed by atoms with E-state index in [2.05, 4.69) is 5.32 Å². The molecular weight excluding hydrogens is 390 g/mol. The molecule has 7 nitrogen and oxygen atoms in total. The molecule has 0 saturated heterocycles. The zero-order valence-corrected chi connectivity index (χ0v) is 16.9. The van der Waals surface area contributed by atoms with Crippen LogP contribution in [0.4, 0.5) is 5.69 Å². The summed E-state index contributed by atoms with van der Waals surface area (Å²) in [6.45, 7) is 2.35. The predicted molar refractivity (Wildman–Crippen MR) is 105 cm³/mol. The minimum atomic E-state index is -3.76. The lowest BCUT2D eigenvalue weighted by Gasteiger charge is -2.22. The summed E-state index contributed by atoms with van der Waals surface area (Å²) in [5.74, 6) is 0.516. The van der Waals surface area contributed by atoms with Crippen molar-refractivity contribution >= 4 is 33.2 Å². The number of halogens is 1. The molecule has 27 heavy (non-hydrogen) atoms. The number of benzene rings is 2. The standard InChI is InChI=1S/C18H22ClN3O4S/c1-12(22(2)11-13-10-14(19)4-9-17(13)26-3)18(23)21-15-5-7-16(8-6-15)27(20,24)25/h4-10,12H,11H2,1-3H3,(H,21,23)(H2,20,24,25)/p+1/t12-/m0/s1. The van der Waals surface area contributed by atoms with Crippen LogP contribution in [0.1, 0.15) is 12.5 Å². The molecule has 146 valence electrons. The third kappa shape index (κ3) is 5.67. The smallest absolute Gasteiger partial charge is 0.282 e. The number of sulfonamides is 1. The summed E-state index contributed by atoms with van der Waals surface area (Å²) in [6, 6.07) is 10.7. The summed E-state index contributed by atoms with van der Waals surface area (Å²) in [5.41, 5.74) is 1.40. The van der Waals surface area contributed by atoms with E-state index in [9.17, 15) is 13.2 Å². The van der Waals surface area contributed by atoms with E-state index in [1.54, 1.807) is 26.2 Å². The number of carbonyl (C=O) groups is 1. The fourth-order valence-corrected chi connectivity index (χ4v) is 3.25. The Labute approximate surface area is 164 Å². The van der Waals surface area contributed by atoms with E-state index < -0.39 is 10.0 Å². The van der Waals surface area contributed by atoms with Crippen molar-refractivity contribution in [2.75, 3.05) is 19.5 Å². The number of carbonyl (C=O) groups excluding carboxylic acids is 1. The minimum absolute atomic E-state index is 0.00987. The van der Waals surface area contributed by atoms with Crippen LogP contribution in [-0.2, 0) is 21.4 Å². The average Bonchev–Trinajstić information content (AvgIpc) is 2.61. The summed E-state index contributed by atoms with van der Waals surface area (Å²) in [4.78, 5) is 13.4. The molecule has 2 rings (SSSR count). The molecule has 0 bridgehead atoms. The second-order valence-corrected chi connectivity index (χ2v) is 8.26. The third-order valence-electron chi connectivity index (χ3n) is 4.29. The number of nitrogens with one attached hydrogen (secondary N) is 2. The first-order valence-electron chi connectivity index (χ1n) is 8.20. The second kappa shape index (κ2) is 8.71. The lowest BCUT2D eigenvalue weighted by atomic mass is 10.1. The molecule has 2 aromatic carbocycles. The number of quaternary nitrogens is 1. The number of hydrogen-bond acceptors (Lipinski definition) is 4. The quantitative estimate of drug-likeness (QED) is 0.632. The van der Waals surface area contributed by atoms with E-state index in [4.69, 9.17) is 21.5 Å². The highest BCUT2D eigenvalue weighted by Gasteiger charge is 2.23. The summed E-state index contributed by atoms with van der Waals surface area (Å²) >= 11 is 6.06. The van der Waals surface area contributed by atoms with Crippen molar-refractivity contribution in [1.82, 2.24) is 0 Å². The Morgan fingerprint density at radius 3 is 2.44 bits per heavy atom. The van der Waals surface area contributed by atoms with E-state index in [0.29, 0.717) is 23.0 Å². The van der Waals surface area contributed by atoms with Crippen LogP contribution in [-0.4, -0.2) is 34.5 Å². The summed E-state index contributed by atoms with van der Waals surface area (Å²) in [5, 5.41) is 8.44. The molecule has 0 fully saturated rings. The van der Waals surface area contributed by atoms with Crippen LogP contribution in [0.15, 0.2) is 47.4 Å². The normalized spacial score (nSPS) is 13.7. The van der Waals surface area contributed by atoms with Gasteiger partial charge in [-0.05, 0) is 49.4 Å². The van der Waals surface area contributed by atoms with E-state index in [1.165, 1.54) is 24.3 Å². The molecule has 0 aliphatic rings. The number of primary sulfonamides is 1. The summed E-state index contributed by atoms with van der Waals surface area (Å²) in [6.07, 6.45) is 0. The van der Waals surface area contributed by atoms with Gasteiger partial charge in [-0.25, -0.2) is 13.6 Å². The predicted octanol–water partition coefficient (Wildman–Crippen LogP) is 1.04. The van der Waals surface area contributed by atoms with Crippen molar-refractivity contribution in [1.29, 1.82) is 0 Å². The van der Waals surface area contributed by atoms with Gasteiger partial charge in [-0.1, -0.05) is 11.6 Å². The van der Waals surface area contributed by atoms with Gasteiger partial charge in [-0.3, -0.25) is 4.79 Å². The van der Waals surface area contributed by atoms with Gasteiger partial charge in [-0.15, -0.1) is 0 Å². The number of methoxy groups -OCH3 is 1. The van der Waals surface area contributed by atoms with Crippen molar-refractivity contribution in [3.63, 3.8) is 0 Å². The molecule has 0 aromatic heterocycles. The van der Waals surface area contributed by atoms with Gasteiger partial charge in [0, 0.05) is 16.3 Å². The van der Waals surface area contributed by atoms with Gasteiger partial charge in [0.1, 0.15) is 12.3 Å². The second-order valence-electron chi connectivity index (χ2n) is 6.26. The zero-order valence-electron chi connectivity index (χ0n) is 15.3. The SMILES string of the molecule is COc1ccc(Cl)cc1C[NH+](C)[C@@H](C)C(=O)Nc1ccc(S(N)(=O)=O)cc1. The largest absolute Gasteiger partial charge is 0.496 e. The Kier molecular flexibility index (Phi) is 6.83. The number of hydrogen-bond donors (Lipinski definition) is 3. The Morgan fingerprint density at radius 1 is 1.26 bits per heavy atom. The Balaban J connectivity index is 2.05. The molecular formula is C18H23ClN3O4S+. The van der Waals surface area contributed by atoms with Crippen LogP contribution in [0.3, 0.4) is 0 Å². The fourth-order valence-electron chi connectivity index (χ4n) is 2.54. The van der Waals surface area contributed by atoms with Crippen LogP contribution >= 0.6 is 11.6 Å². The maximum atomic E-state index is 12.5. The van der Waals surface area contributed by atoms with Crippen molar-refractivity contribution in [2.45, 2.75) is 24.4 Å². The highest BCUT2D eigenvalue weighted by atomic mass is 35.5. The zero-order chi connectivity index (χ0) is 20.2. The van der Waals surface area contributed by atoms with Crippen molar-refractivity contribution in [2.24, 2.45) is 5.14 Å². The first kappa shape index (κ1) is 21.2. The number of rotatable bonds is 7. The van der Waals surface area contributed by atoms with E-state index >= 15 is 0 Å². The van der Waals surface area contributed by atoms with E-state index in [-0.39, 0.29) is 16.8 Å². The number of likely N-dealkylation sites (N-methyl/N-ethyl adjacent to an activating group) is 1. The van der Waals surface area contributed by atoms with Crippen LogP contribution in [0.5, 0.6) is 5.75 Å². The number of amides is 1. The summed E-state index contributed by atoms with van der Waals surface area (Å²) < 4.78 is 27.9. The Bertz CT molecular complexity index is 917. The maximum absolute atomic E-state index is 12.5. The van der Waals surface area contributed by atoms with Crippen LogP contribution < -0.4 is 20.1 Å². The fraction of sp³-hybridized carbons (Fsp3) is 0.278. The highest BCUT2D eigenvalue weighted by Crippen LogP contribution is 2.21. The van der Waals surface area contributed by atoms with E-state index in [0.717, 1.165) is 10.5 Å². The van der Waals surface area contributed by atoms with Crippen LogP contribution in [0.2, 0.25) is 5.02 Å². The molecule has 0 aliphatic carbocycles. The van der Waals surface area contributed by atoms with Gasteiger partial charge in [0.25, 0.3) is 5.91 Å². The van der Waals surface area contributed by atoms with Gasteiger partial charge in [-0.2, -0.15) is 0 Å². The topological polar surface area (TPSA) is 103 Å². The molecule has 0 heterocycles. The first-order chi connectivity index (χ1) is 12.6. The van der Waals surface area contributed by atoms with Crippen LogP contribution in [0.25, 0.3) is 0 Å². The molecule has 4 N–H and O–H groups in total. The van der Waals surface area contributed by atoms with Crippen molar-refractivity contribution in [3.05, 3.63) is 53.1 Å². The number of ether oxygens (including phenoxy) is 1. The minimum Gasteiger partial charge on any atom is -0.496 e. The number of nitrogens with two attached hydrogens (primary N) is 1. The highest BCUT2D eigenvalue weighted by molar-refractivity contribution is 7.89. The number of anilines is 1. The molecule has 0 radical (unpaired) electrons. The third-order valence-corrected chi connectivity index (χ3v) is 5.46. The van der Waals surface area contributed by atoms with Crippen molar-refractivity contribution < 1.29 is 22.8 Å². The first-order valence-corrected chi connectivity index (χ1v) is 10.1. The molecule has 0 spiro atoms. The van der Waals surface area contributed by atoms with Crippen molar-refractivity contribution in [3.8, 4) is 5.75 Å². The lowest BCUT2D eigenvalue weighted by molar-refractivity contribution is -0.907.